The van der Waals surface area contributed by atoms with Crippen molar-refractivity contribution < 1.29 is 19.5 Å². The zero-order chi connectivity index (χ0) is 14.4. The van der Waals surface area contributed by atoms with E-state index < -0.39 is 23.0 Å². The molecule has 0 saturated carbocycles. The third kappa shape index (κ3) is 4.31. The Labute approximate surface area is 110 Å². The maximum atomic E-state index is 11.8. The summed E-state index contributed by atoms with van der Waals surface area (Å²) in [7, 11) is 0. The van der Waals surface area contributed by atoms with Gasteiger partial charge in [0.15, 0.2) is 0 Å². The second-order valence-electron chi connectivity index (χ2n) is 4.01. The van der Waals surface area contributed by atoms with Crippen LogP contribution in [-0.4, -0.2) is 17.1 Å². The molecule has 104 valence electrons. The number of rotatable bonds is 6. The monoisotopic (exact) mass is 268 g/mol. The lowest BCUT2D eigenvalue weighted by atomic mass is 9.96. The minimum Gasteiger partial charge on any atom is -0.303 e. The molecule has 0 amide bonds. The van der Waals surface area contributed by atoms with Crippen LogP contribution in [-0.2, 0) is 14.6 Å². The molecule has 1 aromatic carbocycles. The van der Waals surface area contributed by atoms with E-state index in [2.05, 4.69) is 9.78 Å². The standard InChI is InChI=1S/C12H16N2O5/c1-3-11(12(15)19-18-8(2)13)9-4-6-10(7-5-9)14(16)17/h4-8,11H,3,13H2,1-2H3. The third-order valence-electron chi connectivity index (χ3n) is 2.48. The van der Waals surface area contributed by atoms with Gasteiger partial charge in [-0.05, 0) is 18.9 Å². The third-order valence-corrected chi connectivity index (χ3v) is 2.48. The molecule has 7 heteroatoms. The Bertz CT molecular complexity index is 444. The van der Waals surface area contributed by atoms with Crippen LogP contribution in [0.2, 0.25) is 0 Å². The summed E-state index contributed by atoms with van der Waals surface area (Å²) < 4.78 is 0. The van der Waals surface area contributed by atoms with Gasteiger partial charge in [0.25, 0.3) is 5.69 Å². The van der Waals surface area contributed by atoms with E-state index in [1.165, 1.54) is 31.2 Å². The minimum absolute atomic E-state index is 0.0289. The highest BCUT2D eigenvalue weighted by atomic mass is 17.2. The fourth-order valence-electron chi connectivity index (χ4n) is 1.55. The lowest BCUT2D eigenvalue weighted by Crippen LogP contribution is -2.24. The molecule has 0 aromatic heterocycles. The van der Waals surface area contributed by atoms with E-state index in [9.17, 15) is 14.9 Å². The van der Waals surface area contributed by atoms with Gasteiger partial charge in [0.2, 0.25) is 0 Å². The second-order valence-corrected chi connectivity index (χ2v) is 4.01. The van der Waals surface area contributed by atoms with Gasteiger partial charge < -0.3 is 5.73 Å². The summed E-state index contributed by atoms with van der Waals surface area (Å²) in [6.45, 7) is 3.33. The predicted octanol–water partition coefficient (Wildman–Crippen LogP) is 1.87. The number of carbonyl (C=O) groups is 1. The zero-order valence-electron chi connectivity index (χ0n) is 10.7. The maximum absolute atomic E-state index is 11.8. The van der Waals surface area contributed by atoms with Crippen LogP contribution in [0.5, 0.6) is 0 Å². The smallest absolute Gasteiger partial charge is 0.303 e. The first-order valence-corrected chi connectivity index (χ1v) is 5.82. The molecule has 1 rings (SSSR count). The Balaban J connectivity index is 2.79. The molecule has 0 heterocycles. The predicted molar refractivity (Wildman–Crippen MR) is 67.0 cm³/mol. The lowest BCUT2D eigenvalue weighted by molar-refractivity contribution is -0.384. The highest BCUT2D eigenvalue weighted by Crippen LogP contribution is 2.23. The van der Waals surface area contributed by atoms with Crippen molar-refractivity contribution in [2.24, 2.45) is 5.73 Å². The SMILES string of the molecule is CCC(C(=O)OOC(C)N)c1ccc([N+](=O)[O-])cc1. The number of hydrogen-bond donors (Lipinski definition) is 1. The first-order chi connectivity index (χ1) is 8.95. The van der Waals surface area contributed by atoms with Crippen molar-refractivity contribution in [2.45, 2.75) is 32.4 Å². The highest BCUT2D eigenvalue weighted by molar-refractivity contribution is 5.77. The number of nitro benzene ring substituents is 1. The number of carbonyl (C=O) groups excluding carboxylic acids is 1. The molecule has 0 aliphatic rings. The maximum Gasteiger partial charge on any atom is 0.349 e. The van der Waals surface area contributed by atoms with Gasteiger partial charge in [-0.25, -0.2) is 4.79 Å². The van der Waals surface area contributed by atoms with Gasteiger partial charge in [0, 0.05) is 12.1 Å². The molecule has 2 unspecified atom stereocenters. The van der Waals surface area contributed by atoms with E-state index in [-0.39, 0.29) is 5.69 Å². The fourth-order valence-corrected chi connectivity index (χ4v) is 1.55. The first-order valence-electron chi connectivity index (χ1n) is 5.82. The van der Waals surface area contributed by atoms with Crippen LogP contribution in [0, 0.1) is 10.1 Å². The zero-order valence-corrected chi connectivity index (χ0v) is 10.7. The summed E-state index contributed by atoms with van der Waals surface area (Å²) in [6, 6.07) is 5.74. The molecule has 19 heavy (non-hydrogen) atoms. The molecule has 0 aliphatic carbocycles. The summed E-state index contributed by atoms with van der Waals surface area (Å²) in [4.78, 5) is 31.0. The van der Waals surface area contributed by atoms with Crippen molar-refractivity contribution in [2.75, 3.05) is 0 Å². The average molecular weight is 268 g/mol. The Morgan fingerprint density at radius 2 is 2.00 bits per heavy atom. The van der Waals surface area contributed by atoms with Gasteiger partial charge in [-0.2, -0.15) is 4.89 Å². The van der Waals surface area contributed by atoms with E-state index in [4.69, 9.17) is 5.73 Å². The molecule has 0 saturated heterocycles. The van der Waals surface area contributed by atoms with Crippen LogP contribution in [0.3, 0.4) is 0 Å². The summed E-state index contributed by atoms with van der Waals surface area (Å²) in [5.41, 5.74) is 5.90. The van der Waals surface area contributed by atoms with Crippen molar-refractivity contribution >= 4 is 11.7 Å². The second kappa shape index (κ2) is 6.81. The van der Waals surface area contributed by atoms with Crippen LogP contribution >= 0.6 is 0 Å². The molecule has 1 aromatic rings. The summed E-state index contributed by atoms with van der Waals surface area (Å²) in [6.07, 6.45) is -0.225. The normalized spacial score (nSPS) is 13.6. The molecule has 0 bridgehead atoms. The summed E-state index contributed by atoms with van der Waals surface area (Å²) in [5, 5.41) is 10.5. The number of nitro groups is 1. The van der Waals surface area contributed by atoms with Crippen LogP contribution in [0.1, 0.15) is 31.7 Å². The van der Waals surface area contributed by atoms with Gasteiger partial charge in [-0.3, -0.25) is 15.0 Å². The largest absolute Gasteiger partial charge is 0.349 e. The Hall–Kier alpha value is -1.99. The number of nitrogens with zero attached hydrogens (tertiary/aromatic N) is 1. The van der Waals surface area contributed by atoms with Gasteiger partial charge in [0.1, 0.15) is 6.23 Å². The number of non-ortho nitro benzene ring substituents is 1. The molecular formula is C12H16N2O5. The summed E-state index contributed by atoms with van der Waals surface area (Å²) >= 11 is 0. The molecule has 7 nitrogen and oxygen atoms in total. The summed E-state index contributed by atoms with van der Waals surface area (Å²) in [5.74, 6) is -1.12. The van der Waals surface area contributed by atoms with Crippen molar-refractivity contribution in [1.29, 1.82) is 0 Å². The van der Waals surface area contributed by atoms with Gasteiger partial charge in [-0.1, -0.05) is 19.1 Å². The fraction of sp³-hybridized carbons (Fsp3) is 0.417. The molecule has 0 fully saturated rings. The van der Waals surface area contributed by atoms with Gasteiger partial charge >= 0.3 is 5.97 Å². The van der Waals surface area contributed by atoms with Crippen molar-refractivity contribution in [1.82, 2.24) is 0 Å². The van der Waals surface area contributed by atoms with Gasteiger partial charge in [0.05, 0.1) is 10.8 Å². The number of nitrogens with two attached hydrogens (primary N) is 1. The molecule has 2 atom stereocenters. The topological polar surface area (TPSA) is 105 Å². The number of hydrogen-bond acceptors (Lipinski definition) is 6. The van der Waals surface area contributed by atoms with Crippen molar-refractivity contribution in [3.8, 4) is 0 Å². The molecular weight excluding hydrogens is 252 g/mol. The molecule has 0 radical (unpaired) electrons. The van der Waals surface area contributed by atoms with Crippen molar-refractivity contribution in [3.63, 3.8) is 0 Å². The van der Waals surface area contributed by atoms with E-state index in [1.807, 2.05) is 0 Å². The molecule has 0 aliphatic heterocycles. The minimum atomic E-state index is -0.710. The van der Waals surface area contributed by atoms with E-state index in [0.29, 0.717) is 12.0 Å². The first kappa shape index (κ1) is 15.1. The quantitative estimate of drug-likeness (QED) is 0.365. The van der Waals surface area contributed by atoms with E-state index in [1.54, 1.807) is 6.92 Å². The molecule has 2 N–H and O–H groups in total. The lowest BCUT2D eigenvalue weighted by Gasteiger charge is -2.14. The van der Waals surface area contributed by atoms with Crippen LogP contribution in [0.4, 0.5) is 5.69 Å². The van der Waals surface area contributed by atoms with Crippen LogP contribution in [0.15, 0.2) is 24.3 Å². The number of benzene rings is 1. The molecule has 0 spiro atoms. The van der Waals surface area contributed by atoms with Crippen molar-refractivity contribution in [3.05, 3.63) is 39.9 Å². The van der Waals surface area contributed by atoms with Crippen LogP contribution in [0.25, 0.3) is 0 Å². The Morgan fingerprint density at radius 3 is 2.42 bits per heavy atom. The van der Waals surface area contributed by atoms with E-state index >= 15 is 0 Å². The van der Waals surface area contributed by atoms with Gasteiger partial charge in [-0.15, -0.1) is 0 Å². The average Bonchev–Trinajstić information content (AvgIpc) is 2.37. The van der Waals surface area contributed by atoms with E-state index in [0.717, 1.165) is 0 Å². The highest BCUT2D eigenvalue weighted by Gasteiger charge is 2.22. The van der Waals surface area contributed by atoms with Crippen LogP contribution < -0.4 is 5.73 Å². The Kier molecular flexibility index (Phi) is 5.40. The Morgan fingerprint density at radius 1 is 1.42 bits per heavy atom.